The summed E-state index contributed by atoms with van der Waals surface area (Å²) in [5.74, 6) is 0.742. The second-order valence-electron chi connectivity index (χ2n) is 8.17. The van der Waals surface area contributed by atoms with Crippen LogP contribution in [-0.2, 0) is 13.1 Å². The molecule has 0 fully saturated rings. The Bertz CT molecular complexity index is 1060. The largest absolute Gasteiger partial charge is 0.298 e. The molecule has 156 valence electrons. The number of fused-ring (bicyclic) bond motifs is 1. The van der Waals surface area contributed by atoms with E-state index in [0.717, 1.165) is 54.5 Å². The Labute approximate surface area is 178 Å². The van der Waals surface area contributed by atoms with E-state index in [1.165, 1.54) is 5.56 Å². The van der Waals surface area contributed by atoms with E-state index in [1.54, 1.807) is 0 Å². The van der Waals surface area contributed by atoms with Crippen molar-refractivity contribution in [2.24, 2.45) is 0 Å². The van der Waals surface area contributed by atoms with Gasteiger partial charge in [-0.1, -0.05) is 61.4 Å². The predicted molar refractivity (Wildman–Crippen MR) is 122 cm³/mol. The molecule has 4 rings (SSSR count). The van der Waals surface area contributed by atoms with Gasteiger partial charge in [0.15, 0.2) is 0 Å². The quantitative estimate of drug-likeness (QED) is 0.603. The summed E-state index contributed by atoms with van der Waals surface area (Å²) in [5, 5.41) is 0. The van der Waals surface area contributed by atoms with Crippen molar-refractivity contribution in [2.75, 3.05) is 18.1 Å². The van der Waals surface area contributed by atoms with Crippen LogP contribution in [0.3, 0.4) is 0 Å². The molecule has 0 saturated heterocycles. The third-order valence-corrected chi connectivity index (χ3v) is 5.77. The SMILES string of the molecule is CCCCN1CN(c2ccc(C)cc2)c2nc(C)c(Cc3ccccc3)c(=O)n2C1. The molecule has 3 aromatic rings. The smallest absolute Gasteiger partial charge is 0.259 e. The van der Waals surface area contributed by atoms with Gasteiger partial charge in [0.05, 0.1) is 19.0 Å². The molecule has 30 heavy (non-hydrogen) atoms. The highest BCUT2D eigenvalue weighted by Gasteiger charge is 2.27. The number of hydrogen-bond donors (Lipinski definition) is 0. The molecule has 0 spiro atoms. The van der Waals surface area contributed by atoms with Crippen LogP contribution in [0.15, 0.2) is 59.4 Å². The summed E-state index contributed by atoms with van der Waals surface area (Å²) in [6, 6.07) is 18.6. The molecule has 0 N–H and O–H groups in total. The van der Waals surface area contributed by atoms with Crippen molar-refractivity contribution < 1.29 is 0 Å². The zero-order valence-electron chi connectivity index (χ0n) is 18.1. The summed E-state index contributed by atoms with van der Waals surface area (Å²) >= 11 is 0. The van der Waals surface area contributed by atoms with Crippen LogP contribution in [0, 0.1) is 13.8 Å². The van der Waals surface area contributed by atoms with Crippen molar-refractivity contribution in [2.45, 2.75) is 46.7 Å². The van der Waals surface area contributed by atoms with Crippen LogP contribution in [0.2, 0.25) is 0 Å². The van der Waals surface area contributed by atoms with E-state index in [4.69, 9.17) is 4.98 Å². The van der Waals surface area contributed by atoms with Gasteiger partial charge in [0, 0.05) is 24.2 Å². The van der Waals surface area contributed by atoms with E-state index >= 15 is 0 Å². The molecule has 1 aliphatic rings. The highest BCUT2D eigenvalue weighted by atomic mass is 16.1. The first-order valence-electron chi connectivity index (χ1n) is 10.8. The maximum absolute atomic E-state index is 13.6. The van der Waals surface area contributed by atoms with Crippen LogP contribution in [-0.4, -0.2) is 27.7 Å². The fourth-order valence-electron chi connectivity index (χ4n) is 3.98. The minimum absolute atomic E-state index is 0.0691. The second-order valence-corrected chi connectivity index (χ2v) is 8.17. The molecule has 5 nitrogen and oxygen atoms in total. The van der Waals surface area contributed by atoms with Gasteiger partial charge in [0.1, 0.15) is 0 Å². The lowest BCUT2D eigenvalue weighted by molar-refractivity contribution is 0.195. The number of aryl methyl sites for hydroxylation is 2. The van der Waals surface area contributed by atoms with Crippen molar-refractivity contribution >= 4 is 11.6 Å². The molecule has 0 amide bonds. The molecule has 0 aliphatic carbocycles. The maximum atomic E-state index is 13.6. The molecule has 5 heteroatoms. The van der Waals surface area contributed by atoms with Crippen LogP contribution in [0.25, 0.3) is 0 Å². The molecule has 0 bridgehead atoms. The summed E-state index contributed by atoms with van der Waals surface area (Å²) in [4.78, 5) is 23.0. The number of anilines is 2. The van der Waals surface area contributed by atoms with Gasteiger partial charge in [-0.15, -0.1) is 0 Å². The van der Waals surface area contributed by atoms with Gasteiger partial charge in [-0.25, -0.2) is 4.98 Å². The van der Waals surface area contributed by atoms with Crippen molar-refractivity contribution in [3.8, 4) is 0 Å². The lowest BCUT2D eigenvalue weighted by atomic mass is 10.1. The predicted octanol–water partition coefficient (Wildman–Crippen LogP) is 4.62. The molecule has 2 aromatic carbocycles. The van der Waals surface area contributed by atoms with Gasteiger partial charge in [-0.05, 0) is 38.0 Å². The zero-order chi connectivity index (χ0) is 21.1. The zero-order valence-corrected chi connectivity index (χ0v) is 18.1. The third-order valence-electron chi connectivity index (χ3n) is 5.77. The van der Waals surface area contributed by atoms with E-state index < -0.39 is 0 Å². The highest BCUT2D eigenvalue weighted by molar-refractivity contribution is 5.59. The molecule has 0 radical (unpaired) electrons. The van der Waals surface area contributed by atoms with Gasteiger partial charge >= 0.3 is 0 Å². The molecule has 1 aliphatic heterocycles. The van der Waals surface area contributed by atoms with Gasteiger partial charge in [-0.2, -0.15) is 0 Å². The summed E-state index contributed by atoms with van der Waals surface area (Å²) < 4.78 is 1.85. The van der Waals surface area contributed by atoms with Crippen LogP contribution >= 0.6 is 0 Å². The summed E-state index contributed by atoms with van der Waals surface area (Å²) in [6.45, 7) is 8.54. The molecule has 0 atom stereocenters. The lowest BCUT2D eigenvalue weighted by Crippen LogP contribution is -2.48. The van der Waals surface area contributed by atoms with E-state index in [2.05, 4.69) is 60.0 Å². The Morgan fingerprint density at radius 2 is 1.70 bits per heavy atom. The average molecular weight is 403 g/mol. The van der Waals surface area contributed by atoms with E-state index in [-0.39, 0.29) is 5.56 Å². The van der Waals surface area contributed by atoms with Crippen molar-refractivity contribution in [1.82, 2.24) is 14.5 Å². The number of rotatable bonds is 6. The Morgan fingerprint density at radius 3 is 2.40 bits per heavy atom. The first-order chi connectivity index (χ1) is 14.6. The third kappa shape index (κ3) is 4.17. The first kappa shape index (κ1) is 20.4. The Balaban J connectivity index is 1.77. The number of hydrogen-bond acceptors (Lipinski definition) is 4. The first-order valence-corrected chi connectivity index (χ1v) is 10.8. The van der Waals surface area contributed by atoms with Crippen LogP contribution in [0.5, 0.6) is 0 Å². The summed E-state index contributed by atoms with van der Waals surface area (Å²) in [6.07, 6.45) is 2.86. The Hall–Kier alpha value is -2.92. The van der Waals surface area contributed by atoms with E-state index in [1.807, 2.05) is 29.7 Å². The highest BCUT2D eigenvalue weighted by Crippen LogP contribution is 2.28. The van der Waals surface area contributed by atoms with E-state index in [0.29, 0.717) is 13.1 Å². The number of nitrogens with zero attached hydrogens (tertiary/aromatic N) is 4. The monoisotopic (exact) mass is 402 g/mol. The standard InChI is InChI=1S/C25H30N4O/c1-4-5-15-27-17-28(22-13-11-19(2)12-14-22)25-26-20(3)23(24(30)29(25)18-27)16-21-9-7-6-8-10-21/h6-14H,4-5,15-18H2,1-3H3. The second kappa shape index (κ2) is 8.84. The van der Waals surface area contributed by atoms with Crippen molar-refractivity contribution in [3.63, 3.8) is 0 Å². The summed E-state index contributed by atoms with van der Waals surface area (Å²) in [7, 11) is 0. The molecule has 0 unspecified atom stereocenters. The summed E-state index contributed by atoms with van der Waals surface area (Å²) in [5.41, 5.74) is 5.09. The van der Waals surface area contributed by atoms with Crippen molar-refractivity contribution in [3.05, 3.63) is 87.3 Å². The Kier molecular flexibility index (Phi) is 6.00. The number of unbranched alkanes of at least 4 members (excludes halogenated alkanes) is 1. The number of aromatic nitrogens is 2. The van der Waals surface area contributed by atoms with Crippen LogP contribution in [0.4, 0.5) is 11.6 Å². The number of benzene rings is 2. The topological polar surface area (TPSA) is 41.4 Å². The molecular weight excluding hydrogens is 372 g/mol. The van der Waals surface area contributed by atoms with Gasteiger partial charge in [0.2, 0.25) is 5.95 Å². The van der Waals surface area contributed by atoms with Crippen LogP contribution < -0.4 is 10.5 Å². The molecule has 2 heterocycles. The fourth-order valence-corrected chi connectivity index (χ4v) is 3.98. The molecular formula is C25H30N4O. The minimum atomic E-state index is 0.0691. The van der Waals surface area contributed by atoms with Gasteiger partial charge in [0.25, 0.3) is 5.56 Å². The van der Waals surface area contributed by atoms with Gasteiger partial charge in [-0.3, -0.25) is 19.2 Å². The minimum Gasteiger partial charge on any atom is -0.298 e. The normalized spacial score (nSPS) is 14.0. The van der Waals surface area contributed by atoms with Crippen LogP contribution in [0.1, 0.15) is 42.1 Å². The fraction of sp³-hybridized carbons (Fsp3) is 0.360. The van der Waals surface area contributed by atoms with E-state index in [9.17, 15) is 4.79 Å². The maximum Gasteiger partial charge on any atom is 0.259 e. The molecule has 1 aromatic heterocycles. The Morgan fingerprint density at radius 1 is 0.967 bits per heavy atom. The average Bonchev–Trinajstić information content (AvgIpc) is 2.76. The lowest BCUT2D eigenvalue weighted by Gasteiger charge is -2.38. The van der Waals surface area contributed by atoms with Gasteiger partial charge < -0.3 is 0 Å². The van der Waals surface area contributed by atoms with Crippen molar-refractivity contribution in [1.29, 1.82) is 0 Å². The molecule has 0 saturated carbocycles.